The van der Waals surface area contributed by atoms with Crippen molar-refractivity contribution in [2.45, 2.75) is 44.3 Å². The molecule has 11 heteroatoms. The summed E-state index contributed by atoms with van der Waals surface area (Å²) in [4.78, 5) is 25.7. The van der Waals surface area contributed by atoms with Crippen LogP contribution < -0.4 is 14.8 Å². The molecule has 1 aliphatic rings. The van der Waals surface area contributed by atoms with Gasteiger partial charge in [0.1, 0.15) is 16.8 Å². The molecule has 1 amide bonds. The predicted octanol–water partition coefficient (Wildman–Crippen LogP) is 4.51. The van der Waals surface area contributed by atoms with Gasteiger partial charge in [-0.15, -0.1) is 11.3 Å². The number of aromatic nitrogens is 3. The van der Waals surface area contributed by atoms with Crippen molar-refractivity contribution < 1.29 is 18.1 Å². The predicted molar refractivity (Wildman–Crippen MR) is 127 cm³/mol. The van der Waals surface area contributed by atoms with Gasteiger partial charge in [0.05, 0.1) is 47.2 Å². The Hall–Kier alpha value is -2.92. The normalized spacial score (nSPS) is 15.0. The molecule has 2 aromatic heterocycles. The molecule has 174 valence electrons. The number of halogens is 1. The molecule has 3 aromatic rings. The Labute approximate surface area is 197 Å². The van der Waals surface area contributed by atoms with Gasteiger partial charge < -0.3 is 10.1 Å². The number of anilines is 2. The Kier molecular flexibility index (Phi) is 7.29. The Morgan fingerprint density at radius 3 is 2.82 bits per heavy atom. The van der Waals surface area contributed by atoms with E-state index in [1.165, 1.54) is 35.9 Å². The Morgan fingerprint density at radius 1 is 1.30 bits per heavy atom. The van der Waals surface area contributed by atoms with E-state index in [2.05, 4.69) is 25.0 Å². The van der Waals surface area contributed by atoms with E-state index in [0.29, 0.717) is 41.0 Å². The summed E-state index contributed by atoms with van der Waals surface area (Å²) in [6.45, 7) is 4.15. The Balaban J connectivity index is 1.45. The lowest BCUT2D eigenvalue weighted by Gasteiger charge is -2.14. The SMILES string of the molecule is CCOc1cncc(-c2ccc(NC(=O)C(CC)c3csc(NS(=O)C4CC4)n3)c(F)c2)n1. The maximum Gasteiger partial charge on any atom is 0.233 e. The standard InChI is InChI=1S/C22H24FN5O3S2/c1-3-15(19-12-32-22(27-19)28-33(30)14-6-7-14)21(29)26-17-8-5-13(9-16(17)23)18-10-24-11-20(25-18)31-4-2/h5,8-12,14-15H,3-4,6-7H2,1-2H3,(H,26,29)(H,27,28). The van der Waals surface area contributed by atoms with Crippen molar-refractivity contribution in [3.05, 3.63) is 47.5 Å². The maximum atomic E-state index is 14.8. The topological polar surface area (TPSA) is 106 Å². The highest BCUT2D eigenvalue weighted by atomic mass is 32.2. The van der Waals surface area contributed by atoms with Crippen LogP contribution in [0.15, 0.2) is 36.0 Å². The fraction of sp³-hybridized carbons (Fsp3) is 0.364. The molecule has 2 atom stereocenters. The second-order valence-electron chi connectivity index (χ2n) is 7.50. The number of benzene rings is 1. The summed E-state index contributed by atoms with van der Waals surface area (Å²) in [5.41, 5.74) is 1.62. The largest absolute Gasteiger partial charge is 0.477 e. The number of carbonyl (C=O) groups is 1. The van der Waals surface area contributed by atoms with Gasteiger partial charge in [-0.3, -0.25) is 14.5 Å². The minimum Gasteiger partial charge on any atom is -0.477 e. The van der Waals surface area contributed by atoms with E-state index < -0.39 is 22.7 Å². The summed E-state index contributed by atoms with van der Waals surface area (Å²) in [7, 11) is -1.15. The molecule has 1 fully saturated rings. The van der Waals surface area contributed by atoms with Gasteiger partial charge in [0, 0.05) is 10.9 Å². The van der Waals surface area contributed by atoms with E-state index >= 15 is 0 Å². The summed E-state index contributed by atoms with van der Waals surface area (Å²) in [5.74, 6) is -1.14. The molecule has 2 heterocycles. The van der Waals surface area contributed by atoms with Crippen LogP contribution in [0.1, 0.15) is 44.7 Å². The molecule has 1 aromatic carbocycles. The molecule has 4 rings (SSSR count). The smallest absolute Gasteiger partial charge is 0.233 e. The van der Waals surface area contributed by atoms with E-state index in [0.717, 1.165) is 12.8 Å². The quantitative estimate of drug-likeness (QED) is 0.434. The van der Waals surface area contributed by atoms with E-state index in [9.17, 15) is 13.4 Å². The summed E-state index contributed by atoms with van der Waals surface area (Å²) in [5, 5.41) is 5.13. The number of rotatable bonds is 10. The van der Waals surface area contributed by atoms with Crippen LogP contribution >= 0.6 is 11.3 Å². The Bertz CT molecular complexity index is 1170. The Morgan fingerprint density at radius 2 is 2.12 bits per heavy atom. The van der Waals surface area contributed by atoms with Gasteiger partial charge in [-0.05, 0) is 38.3 Å². The lowest BCUT2D eigenvalue weighted by Crippen LogP contribution is -2.21. The molecule has 0 bridgehead atoms. The number of hydrogen-bond donors (Lipinski definition) is 2. The van der Waals surface area contributed by atoms with Gasteiger partial charge in [0.25, 0.3) is 0 Å². The van der Waals surface area contributed by atoms with Crippen molar-refractivity contribution in [3.63, 3.8) is 0 Å². The first-order valence-electron chi connectivity index (χ1n) is 10.7. The van der Waals surface area contributed by atoms with E-state index in [-0.39, 0.29) is 16.8 Å². The molecular formula is C22H24FN5O3S2. The zero-order chi connectivity index (χ0) is 23.4. The molecule has 1 saturated carbocycles. The van der Waals surface area contributed by atoms with E-state index in [1.54, 1.807) is 11.4 Å². The van der Waals surface area contributed by atoms with Crippen molar-refractivity contribution >= 4 is 39.0 Å². The van der Waals surface area contributed by atoms with E-state index in [1.807, 2.05) is 13.8 Å². The molecule has 0 saturated heterocycles. The molecule has 0 radical (unpaired) electrons. The molecule has 2 unspecified atom stereocenters. The van der Waals surface area contributed by atoms with Gasteiger partial charge in [-0.2, -0.15) is 0 Å². The number of thiazole rings is 1. The fourth-order valence-electron chi connectivity index (χ4n) is 3.17. The number of carbonyl (C=O) groups excluding carboxylic acids is 1. The van der Waals surface area contributed by atoms with Crippen LogP contribution in [0.25, 0.3) is 11.3 Å². The number of amides is 1. The molecule has 1 aliphatic carbocycles. The lowest BCUT2D eigenvalue weighted by atomic mass is 10.0. The molecule has 2 N–H and O–H groups in total. The first kappa shape index (κ1) is 23.2. The maximum absolute atomic E-state index is 14.8. The minimum absolute atomic E-state index is 0.0690. The molecular weight excluding hydrogens is 465 g/mol. The number of hydrogen-bond acceptors (Lipinski definition) is 7. The van der Waals surface area contributed by atoms with E-state index in [4.69, 9.17) is 4.74 Å². The van der Waals surface area contributed by atoms with Crippen LogP contribution in [0.5, 0.6) is 5.88 Å². The van der Waals surface area contributed by atoms with Crippen LogP contribution in [0.2, 0.25) is 0 Å². The van der Waals surface area contributed by atoms with Gasteiger partial charge in [-0.1, -0.05) is 13.0 Å². The van der Waals surface area contributed by atoms with Gasteiger partial charge in [0.15, 0.2) is 5.13 Å². The van der Waals surface area contributed by atoms with Crippen LogP contribution in [-0.2, 0) is 15.8 Å². The first-order chi connectivity index (χ1) is 16.0. The zero-order valence-electron chi connectivity index (χ0n) is 18.2. The van der Waals surface area contributed by atoms with Crippen LogP contribution in [0.3, 0.4) is 0 Å². The highest BCUT2D eigenvalue weighted by molar-refractivity contribution is 7.87. The van der Waals surface area contributed by atoms with Crippen molar-refractivity contribution in [3.8, 4) is 17.1 Å². The third-order valence-electron chi connectivity index (χ3n) is 5.05. The number of ether oxygens (including phenoxy) is 1. The van der Waals surface area contributed by atoms with Crippen LogP contribution in [0.4, 0.5) is 15.2 Å². The lowest BCUT2D eigenvalue weighted by molar-refractivity contribution is -0.117. The zero-order valence-corrected chi connectivity index (χ0v) is 19.8. The molecule has 0 spiro atoms. The van der Waals surface area contributed by atoms with Crippen molar-refractivity contribution in [1.82, 2.24) is 15.0 Å². The van der Waals surface area contributed by atoms with Crippen LogP contribution in [0, 0.1) is 5.82 Å². The highest BCUT2D eigenvalue weighted by Crippen LogP contribution is 2.31. The van der Waals surface area contributed by atoms with Gasteiger partial charge in [0.2, 0.25) is 11.8 Å². The molecule has 8 nitrogen and oxygen atoms in total. The third-order valence-corrected chi connectivity index (χ3v) is 7.42. The molecule has 0 aliphatic heterocycles. The van der Waals surface area contributed by atoms with Crippen molar-refractivity contribution in [1.29, 1.82) is 0 Å². The highest BCUT2D eigenvalue weighted by Gasteiger charge is 2.29. The van der Waals surface area contributed by atoms with Crippen molar-refractivity contribution in [2.24, 2.45) is 0 Å². The average Bonchev–Trinajstić information content (AvgIpc) is 3.57. The monoisotopic (exact) mass is 489 g/mol. The summed E-state index contributed by atoms with van der Waals surface area (Å²) in [6, 6.07) is 4.46. The summed E-state index contributed by atoms with van der Waals surface area (Å²) >= 11 is 1.31. The van der Waals surface area contributed by atoms with Crippen LogP contribution in [-0.4, -0.2) is 36.9 Å². The summed E-state index contributed by atoms with van der Waals surface area (Å²) < 4.78 is 35.1. The fourth-order valence-corrected chi connectivity index (χ4v) is 5.17. The first-order valence-corrected chi connectivity index (χ1v) is 12.8. The summed E-state index contributed by atoms with van der Waals surface area (Å²) in [6.07, 6.45) is 5.40. The third kappa shape index (κ3) is 5.72. The molecule has 33 heavy (non-hydrogen) atoms. The second kappa shape index (κ2) is 10.3. The number of nitrogens with zero attached hydrogens (tertiary/aromatic N) is 3. The van der Waals surface area contributed by atoms with Gasteiger partial charge >= 0.3 is 0 Å². The minimum atomic E-state index is -1.15. The average molecular weight is 490 g/mol. The number of nitrogens with one attached hydrogen (secondary N) is 2. The second-order valence-corrected chi connectivity index (χ2v) is 9.82. The van der Waals surface area contributed by atoms with Crippen molar-refractivity contribution in [2.75, 3.05) is 16.6 Å². The van der Waals surface area contributed by atoms with Gasteiger partial charge in [-0.25, -0.2) is 18.6 Å².